The molecule has 2 aromatic rings. The Labute approximate surface area is 121 Å². The molecular weight excluding hydrogens is 248 g/mol. The molecule has 0 amide bonds. The van der Waals surface area contributed by atoms with Gasteiger partial charge < -0.3 is 10.2 Å². The molecule has 3 nitrogen and oxygen atoms in total. The Hall–Kier alpha value is -1.58. The molecule has 0 aliphatic rings. The van der Waals surface area contributed by atoms with Crippen LogP contribution in [0, 0.1) is 0 Å². The summed E-state index contributed by atoms with van der Waals surface area (Å²) in [5.74, 6) is 1.44. The molecule has 2 rings (SSSR count). The first-order valence-corrected chi connectivity index (χ1v) is 7.26. The van der Waals surface area contributed by atoms with Crippen molar-refractivity contribution in [1.82, 2.24) is 4.90 Å². The molecule has 0 aliphatic heterocycles. The average Bonchev–Trinajstić information content (AvgIpc) is 2.99. The summed E-state index contributed by atoms with van der Waals surface area (Å²) < 4.78 is 5.41. The normalized spacial score (nSPS) is 12.8. The zero-order chi connectivity index (χ0) is 14.4. The standard InChI is InChI=1S/C17H24N2O/c1-3-19(13-17-5-4-10-20-17)12-15-6-8-16(9-7-15)14(2)11-18/h4-10,14H,3,11-13,18H2,1-2H3. The quantitative estimate of drug-likeness (QED) is 0.840. The number of nitrogens with zero attached hydrogens (tertiary/aromatic N) is 1. The van der Waals surface area contributed by atoms with Gasteiger partial charge in [0.2, 0.25) is 0 Å². The lowest BCUT2D eigenvalue weighted by molar-refractivity contribution is 0.248. The number of rotatable bonds is 7. The molecule has 1 atom stereocenters. The third-order valence-corrected chi connectivity index (χ3v) is 3.72. The first-order chi connectivity index (χ1) is 9.72. The summed E-state index contributed by atoms with van der Waals surface area (Å²) in [5, 5.41) is 0. The molecule has 2 N–H and O–H groups in total. The highest BCUT2D eigenvalue weighted by molar-refractivity contribution is 5.25. The number of furan rings is 1. The lowest BCUT2D eigenvalue weighted by atomic mass is 10.00. The second-order valence-electron chi connectivity index (χ2n) is 5.26. The van der Waals surface area contributed by atoms with Gasteiger partial charge in [-0.1, -0.05) is 38.1 Å². The summed E-state index contributed by atoms with van der Waals surface area (Å²) in [6.07, 6.45) is 1.73. The molecule has 1 heterocycles. The van der Waals surface area contributed by atoms with Crippen LogP contribution in [0.15, 0.2) is 47.1 Å². The molecule has 1 aromatic carbocycles. The minimum atomic E-state index is 0.425. The smallest absolute Gasteiger partial charge is 0.117 e. The van der Waals surface area contributed by atoms with Crippen LogP contribution in [-0.2, 0) is 13.1 Å². The van der Waals surface area contributed by atoms with Gasteiger partial charge in [0.1, 0.15) is 5.76 Å². The molecule has 0 fully saturated rings. The molecule has 0 bridgehead atoms. The molecule has 0 aliphatic carbocycles. The summed E-state index contributed by atoms with van der Waals surface area (Å²) in [6.45, 7) is 7.82. The van der Waals surface area contributed by atoms with Crippen LogP contribution < -0.4 is 5.73 Å². The van der Waals surface area contributed by atoms with Gasteiger partial charge in [-0.2, -0.15) is 0 Å². The zero-order valence-electron chi connectivity index (χ0n) is 12.4. The average molecular weight is 272 g/mol. The van der Waals surface area contributed by atoms with E-state index in [2.05, 4.69) is 43.0 Å². The maximum atomic E-state index is 5.70. The van der Waals surface area contributed by atoms with Crippen molar-refractivity contribution in [2.24, 2.45) is 5.73 Å². The van der Waals surface area contributed by atoms with E-state index in [1.165, 1.54) is 11.1 Å². The van der Waals surface area contributed by atoms with Gasteiger partial charge in [-0.05, 0) is 42.3 Å². The van der Waals surface area contributed by atoms with E-state index >= 15 is 0 Å². The van der Waals surface area contributed by atoms with E-state index in [4.69, 9.17) is 10.2 Å². The van der Waals surface area contributed by atoms with E-state index in [1.54, 1.807) is 6.26 Å². The van der Waals surface area contributed by atoms with Crippen LogP contribution in [0.4, 0.5) is 0 Å². The predicted molar refractivity (Wildman–Crippen MR) is 82.4 cm³/mol. The topological polar surface area (TPSA) is 42.4 Å². The highest BCUT2D eigenvalue weighted by Crippen LogP contribution is 2.16. The van der Waals surface area contributed by atoms with Gasteiger partial charge in [0.05, 0.1) is 12.8 Å². The first kappa shape index (κ1) is 14.8. The maximum Gasteiger partial charge on any atom is 0.117 e. The molecule has 108 valence electrons. The number of hydrogen-bond donors (Lipinski definition) is 1. The fourth-order valence-electron chi connectivity index (χ4n) is 2.25. The molecule has 0 spiro atoms. The lowest BCUT2D eigenvalue weighted by Gasteiger charge is -2.19. The van der Waals surface area contributed by atoms with Crippen molar-refractivity contribution >= 4 is 0 Å². The molecule has 0 radical (unpaired) electrons. The summed E-state index contributed by atoms with van der Waals surface area (Å²) in [7, 11) is 0. The van der Waals surface area contributed by atoms with E-state index in [0.29, 0.717) is 12.5 Å². The van der Waals surface area contributed by atoms with E-state index < -0.39 is 0 Å². The van der Waals surface area contributed by atoms with Crippen molar-refractivity contribution in [2.75, 3.05) is 13.1 Å². The van der Waals surface area contributed by atoms with Crippen LogP contribution >= 0.6 is 0 Å². The van der Waals surface area contributed by atoms with Crippen molar-refractivity contribution in [3.8, 4) is 0 Å². The van der Waals surface area contributed by atoms with Crippen molar-refractivity contribution < 1.29 is 4.42 Å². The van der Waals surface area contributed by atoms with Crippen LogP contribution in [0.1, 0.15) is 36.7 Å². The van der Waals surface area contributed by atoms with E-state index in [9.17, 15) is 0 Å². The van der Waals surface area contributed by atoms with E-state index in [1.807, 2.05) is 12.1 Å². The monoisotopic (exact) mass is 272 g/mol. The second-order valence-corrected chi connectivity index (χ2v) is 5.26. The SMILES string of the molecule is CCN(Cc1ccc(C(C)CN)cc1)Cc1ccco1. The van der Waals surface area contributed by atoms with Crippen molar-refractivity contribution in [1.29, 1.82) is 0 Å². The van der Waals surface area contributed by atoms with Gasteiger partial charge in [0.15, 0.2) is 0 Å². The van der Waals surface area contributed by atoms with Gasteiger partial charge in [0, 0.05) is 6.54 Å². The number of benzene rings is 1. The number of hydrogen-bond acceptors (Lipinski definition) is 3. The summed E-state index contributed by atoms with van der Waals surface area (Å²) >= 11 is 0. The fourth-order valence-corrected chi connectivity index (χ4v) is 2.25. The number of nitrogens with two attached hydrogens (primary N) is 1. The Bertz CT molecular complexity index is 490. The largest absolute Gasteiger partial charge is 0.468 e. The molecule has 0 saturated carbocycles. The minimum Gasteiger partial charge on any atom is -0.468 e. The summed E-state index contributed by atoms with van der Waals surface area (Å²) in [4.78, 5) is 2.36. The fraction of sp³-hybridized carbons (Fsp3) is 0.412. The molecular formula is C17H24N2O. The van der Waals surface area contributed by atoms with Gasteiger partial charge in [-0.25, -0.2) is 0 Å². The Kier molecular flexibility index (Phi) is 5.39. The van der Waals surface area contributed by atoms with Crippen LogP contribution in [0.2, 0.25) is 0 Å². The van der Waals surface area contributed by atoms with Gasteiger partial charge >= 0.3 is 0 Å². The van der Waals surface area contributed by atoms with Crippen molar-refractivity contribution in [3.05, 3.63) is 59.5 Å². The maximum absolute atomic E-state index is 5.70. The first-order valence-electron chi connectivity index (χ1n) is 7.26. The van der Waals surface area contributed by atoms with Crippen LogP contribution in [-0.4, -0.2) is 18.0 Å². The Balaban J connectivity index is 1.97. The molecule has 0 saturated heterocycles. The van der Waals surface area contributed by atoms with E-state index in [-0.39, 0.29) is 0 Å². The molecule has 3 heteroatoms. The van der Waals surface area contributed by atoms with Gasteiger partial charge in [-0.15, -0.1) is 0 Å². The Morgan fingerprint density at radius 3 is 2.45 bits per heavy atom. The predicted octanol–water partition coefficient (Wildman–Crippen LogP) is 3.36. The molecule has 1 aromatic heterocycles. The highest BCUT2D eigenvalue weighted by atomic mass is 16.3. The van der Waals surface area contributed by atoms with Crippen molar-refractivity contribution in [3.63, 3.8) is 0 Å². The highest BCUT2D eigenvalue weighted by Gasteiger charge is 2.08. The van der Waals surface area contributed by atoms with Crippen LogP contribution in [0.25, 0.3) is 0 Å². The van der Waals surface area contributed by atoms with Gasteiger partial charge in [-0.3, -0.25) is 4.90 Å². The summed E-state index contributed by atoms with van der Waals surface area (Å²) in [6, 6.07) is 12.7. The van der Waals surface area contributed by atoms with E-state index in [0.717, 1.165) is 25.4 Å². The lowest BCUT2D eigenvalue weighted by Crippen LogP contribution is -2.22. The molecule has 1 unspecified atom stereocenters. The zero-order valence-corrected chi connectivity index (χ0v) is 12.4. The van der Waals surface area contributed by atoms with Gasteiger partial charge in [0.25, 0.3) is 0 Å². The van der Waals surface area contributed by atoms with Crippen LogP contribution in [0.5, 0.6) is 0 Å². The second kappa shape index (κ2) is 7.27. The Morgan fingerprint density at radius 2 is 1.90 bits per heavy atom. The molecule has 20 heavy (non-hydrogen) atoms. The van der Waals surface area contributed by atoms with Crippen LogP contribution in [0.3, 0.4) is 0 Å². The summed E-state index contributed by atoms with van der Waals surface area (Å²) in [5.41, 5.74) is 8.34. The third-order valence-electron chi connectivity index (χ3n) is 3.72. The minimum absolute atomic E-state index is 0.425. The third kappa shape index (κ3) is 3.95. The Morgan fingerprint density at radius 1 is 1.15 bits per heavy atom. The van der Waals surface area contributed by atoms with Crippen molar-refractivity contribution in [2.45, 2.75) is 32.9 Å².